The molecule has 0 unspecified atom stereocenters. The largest absolute Gasteiger partial charge is 0.469 e. The van der Waals surface area contributed by atoms with Gasteiger partial charge in [0.1, 0.15) is 17.6 Å². The summed E-state index contributed by atoms with van der Waals surface area (Å²) in [5.74, 6) is 0.555. The topological polar surface area (TPSA) is 77.1 Å². The maximum Gasteiger partial charge on any atom is 0.311 e. The molecule has 136 valence electrons. The lowest BCUT2D eigenvalue weighted by molar-refractivity contribution is -0.139. The van der Waals surface area contributed by atoms with Crippen LogP contribution in [0.4, 0.5) is 0 Å². The number of imidazole rings is 1. The summed E-state index contributed by atoms with van der Waals surface area (Å²) in [6.45, 7) is 0.469. The van der Waals surface area contributed by atoms with Gasteiger partial charge in [-0.3, -0.25) is 4.79 Å². The fraction of sp³-hybridized carbons (Fsp3) is 0.150. The van der Waals surface area contributed by atoms with Gasteiger partial charge in [-0.1, -0.05) is 29.8 Å². The molecule has 1 heterocycles. The molecule has 0 saturated carbocycles. The molecule has 0 atom stereocenters. The van der Waals surface area contributed by atoms with E-state index < -0.39 is 0 Å². The third-order valence-corrected chi connectivity index (χ3v) is 4.24. The van der Waals surface area contributed by atoms with E-state index in [1.165, 1.54) is 7.11 Å². The number of nitrogens with zero attached hydrogens (tertiary/aromatic N) is 3. The van der Waals surface area contributed by atoms with Crippen LogP contribution in [-0.2, 0) is 22.5 Å². The van der Waals surface area contributed by atoms with E-state index in [9.17, 15) is 10.1 Å². The van der Waals surface area contributed by atoms with Gasteiger partial charge in [0, 0.05) is 18.4 Å². The van der Waals surface area contributed by atoms with Crippen molar-refractivity contribution in [2.24, 2.45) is 0 Å². The van der Waals surface area contributed by atoms with E-state index in [-0.39, 0.29) is 12.4 Å². The van der Waals surface area contributed by atoms with Crippen LogP contribution in [0.5, 0.6) is 11.5 Å². The molecule has 1 aromatic heterocycles. The second-order valence-corrected chi connectivity index (χ2v) is 6.15. The van der Waals surface area contributed by atoms with Gasteiger partial charge in [0.05, 0.1) is 30.4 Å². The predicted octanol–water partition coefficient (Wildman–Crippen LogP) is 3.96. The number of para-hydroxylation sites is 1. The molecule has 7 heteroatoms. The predicted molar refractivity (Wildman–Crippen MR) is 99.7 cm³/mol. The number of carbonyl (C=O) groups is 1. The molecule has 0 saturated heterocycles. The van der Waals surface area contributed by atoms with Crippen LogP contribution in [0.1, 0.15) is 16.8 Å². The normalized spacial score (nSPS) is 10.3. The maximum atomic E-state index is 11.5. The third kappa shape index (κ3) is 4.46. The van der Waals surface area contributed by atoms with Crippen LogP contribution in [0.3, 0.4) is 0 Å². The minimum Gasteiger partial charge on any atom is -0.469 e. The summed E-state index contributed by atoms with van der Waals surface area (Å²) in [5.41, 5.74) is 2.03. The number of hydrogen-bond donors (Lipinski definition) is 0. The van der Waals surface area contributed by atoms with Crippen molar-refractivity contribution in [2.75, 3.05) is 7.11 Å². The van der Waals surface area contributed by atoms with E-state index in [1.807, 2.05) is 16.7 Å². The van der Waals surface area contributed by atoms with Crippen molar-refractivity contribution in [3.05, 3.63) is 76.8 Å². The molecule has 3 rings (SSSR count). The second-order valence-electron chi connectivity index (χ2n) is 5.74. The first-order valence-electron chi connectivity index (χ1n) is 8.12. The number of carbonyl (C=O) groups excluding carboxylic acids is 1. The van der Waals surface area contributed by atoms with Gasteiger partial charge in [0.25, 0.3) is 0 Å². The Morgan fingerprint density at radius 3 is 2.81 bits per heavy atom. The smallest absolute Gasteiger partial charge is 0.311 e. The Kier molecular flexibility index (Phi) is 5.74. The number of rotatable bonds is 6. The monoisotopic (exact) mass is 381 g/mol. The SMILES string of the molecule is COC(=O)Cc1cncn1Cc1ccc(C#N)c(Oc2ccccc2Cl)c1. The van der Waals surface area contributed by atoms with Gasteiger partial charge >= 0.3 is 5.97 Å². The summed E-state index contributed by atoms with van der Waals surface area (Å²) in [6, 6.07) is 14.5. The number of hydrogen-bond acceptors (Lipinski definition) is 5. The second kappa shape index (κ2) is 8.39. The van der Waals surface area contributed by atoms with Crippen molar-refractivity contribution in [3.63, 3.8) is 0 Å². The van der Waals surface area contributed by atoms with Gasteiger partial charge in [-0.05, 0) is 29.8 Å². The fourth-order valence-electron chi connectivity index (χ4n) is 2.54. The summed E-state index contributed by atoms with van der Waals surface area (Å²) in [5, 5.41) is 9.81. The Balaban J connectivity index is 1.86. The Morgan fingerprint density at radius 2 is 2.07 bits per heavy atom. The van der Waals surface area contributed by atoms with Gasteiger partial charge < -0.3 is 14.0 Å². The van der Waals surface area contributed by atoms with E-state index in [2.05, 4.69) is 11.1 Å². The summed E-state index contributed by atoms with van der Waals surface area (Å²) < 4.78 is 12.4. The Labute approximate surface area is 161 Å². The number of aromatic nitrogens is 2. The van der Waals surface area contributed by atoms with Crippen molar-refractivity contribution >= 4 is 17.6 Å². The summed E-state index contributed by atoms with van der Waals surface area (Å²) in [7, 11) is 1.35. The van der Waals surface area contributed by atoms with Crippen molar-refractivity contribution in [3.8, 4) is 17.6 Å². The molecule has 6 nitrogen and oxygen atoms in total. The van der Waals surface area contributed by atoms with Gasteiger partial charge in [0.2, 0.25) is 0 Å². The average molecular weight is 382 g/mol. The minimum absolute atomic E-state index is 0.135. The highest BCUT2D eigenvalue weighted by Gasteiger charge is 2.12. The molecule has 0 radical (unpaired) electrons. The Hall–Kier alpha value is -3.30. The minimum atomic E-state index is -0.334. The van der Waals surface area contributed by atoms with Gasteiger partial charge in [0.15, 0.2) is 0 Å². The van der Waals surface area contributed by atoms with Crippen LogP contribution in [-0.4, -0.2) is 22.6 Å². The average Bonchev–Trinajstić information content (AvgIpc) is 3.10. The van der Waals surface area contributed by atoms with E-state index >= 15 is 0 Å². The zero-order valence-electron chi connectivity index (χ0n) is 14.6. The molecular formula is C20H16ClN3O3. The van der Waals surface area contributed by atoms with Crippen molar-refractivity contribution in [1.29, 1.82) is 5.26 Å². The van der Waals surface area contributed by atoms with Crippen molar-refractivity contribution in [2.45, 2.75) is 13.0 Å². The number of methoxy groups -OCH3 is 1. The van der Waals surface area contributed by atoms with E-state index in [1.54, 1.807) is 42.9 Å². The first kappa shape index (κ1) is 18.5. The van der Waals surface area contributed by atoms with E-state index in [4.69, 9.17) is 21.1 Å². The molecule has 0 N–H and O–H groups in total. The van der Waals surface area contributed by atoms with Gasteiger partial charge in [-0.2, -0.15) is 5.26 Å². The third-order valence-electron chi connectivity index (χ3n) is 3.93. The highest BCUT2D eigenvalue weighted by molar-refractivity contribution is 6.32. The number of nitriles is 1. The molecule has 0 fully saturated rings. The summed E-state index contributed by atoms with van der Waals surface area (Å²) in [4.78, 5) is 15.6. The van der Waals surface area contributed by atoms with Crippen LogP contribution in [0.25, 0.3) is 0 Å². The number of benzene rings is 2. The number of esters is 1. The van der Waals surface area contributed by atoms with E-state index in [0.717, 1.165) is 11.3 Å². The standard InChI is InChI=1S/C20H16ClN3O3/c1-26-20(25)9-16-11-23-13-24(16)12-14-6-7-15(10-22)19(8-14)27-18-5-3-2-4-17(18)21/h2-8,11,13H,9,12H2,1H3. The molecule has 0 spiro atoms. The molecule has 2 aromatic carbocycles. The zero-order valence-corrected chi connectivity index (χ0v) is 15.3. The quantitative estimate of drug-likeness (QED) is 0.604. The molecule has 0 aliphatic heterocycles. The Morgan fingerprint density at radius 1 is 1.26 bits per heavy atom. The van der Waals surface area contributed by atoms with Crippen LogP contribution >= 0.6 is 11.6 Å². The summed E-state index contributed by atoms with van der Waals surface area (Å²) >= 11 is 6.14. The Bertz CT molecular complexity index is 1010. The zero-order chi connectivity index (χ0) is 19.2. The lowest BCUT2D eigenvalue weighted by Crippen LogP contribution is -2.10. The van der Waals surface area contributed by atoms with Gasteiger partial charge in [-0.25, -0.2) is 4.98 Å². The first-order valence-corrected chi connectivity index (χ1v) is 8.49. The molecule has 0 amide bonds. The van der Waals surface area contributed by atoms with Crippen LogP contribution in [0, 0.1) is 11.3 Å². The van der Waals surface area contributed by atoms with Gasteiger partial charge in [-0.15, -0.1) is 0 Å². The first-order chi connectivity index (χ1) is 13.1. The highest BCUT2D eigenvalue weighted by atomic mass is 35.5. The molecule has 0 bridgehead atoms. The number of ether oxygens (including phenoxy) is 2. The highest BCUT2D eigenvalue weighted by Crippen LogP contribution is 2.31. The molecule has 0 aliphatic rings. The molecular weight excluding hydrogens is 366 g/mol. The van der Waals surface area contributed by atoms with Crippen molar-refractivity contribution in [1.82, 2.24) is 9.55 Å². The van der Waals surface area contributed by atoms with Crippen LogP contribution < -0.4 is 4.74 Å². The molecule has 0 aliphatic carbocycles. The van der Waals surface area contributed by atoms with E-state index in [0.29, 0.717) is 28.6 Å². The fourth-order valence-corrected chi connectivity index (χ4v) is 2.72. The molecule has 27 heavy (non-hydrogen) atoms. The molecule has 3 aromatic rings. The van der Waals surface area contributed by atoms with Crippen molar-refractivity contribution < 1.29 is 14.3 Å². The van der Waals surface area contributed by atoms with Crippen LogP contribution in [0.15, 0.2) is 55.0 Å². The van der Waals surface area contributed by atoms with Crippen LogP contribution in [0.2, 0.25) is 5.02 Å². The maximum absolute atomic E-state index is 11.5. The summed E-state index contributed by atoms with van der Waals surface area (Å²) in [6.07, 6.45) is 3.41. The number of halogens is 1. The lowest BCUT2D eigenvalue weighted by atomic mass is 10.1. The lowest BCUT2D eigenvalue weighted by Gasteiger charge is -2.12.